The Kier molecular flexibility index (Phi) is 4.57. The zero-order valence-corrected chi connectivity index (χ0v) is 14.9. The number of nitrogens with one attached hydrogen (secondary N) is 1. The first-order valence-electron chi connectivity index (χ1n) is 9.23. The molecule has 0 saturated carbocycles. The summed E-state index contributed by atoms with van der Waals surface area (Å²) in [4.78, 5) is 11.8. The molecule has 1 unspecified atom stereocenters. The maximum Gasteiger partial charge on any atom is 0.194 e. The van der Waals surface area contributed by atoms with Crippen molar-refractivity contribution >= 4 is 16.9 Å². The lowest BCUT2D eigenvalue weighted by atomic mass is 9.87. The highest BCUT2D eigenvalue weighted by Crippen LogP contribution is 2.38. The van der Waals surface area contributed by atoms with Crippen LogP contribution >= 0.6 is 0 Å². The van der Waals surface area contributed by atoms with Crippen molar-refractivity contribution in [2.45, 2.75) is 26.3 Å². The van der Waals surface area contributed by atoms with Crippen molar-refractivity contribution in [1.82, 2.24) is 15.2 Å². The Morgan fingerprint density at radius 3 is 3.08 bits per heavy atom. The minimum absolute atomic E-state index is 0.347. The first-order chi connectivity index (χ1) is 12.3. The average molecular weight is 338 g/mol. The molecule has 132 valence electrons. The highest BCUT2D eigenvalue weighted by molar-refractivity contribution is 5.83. The van der Waals surface area contributed by atoms with Crippen molar-refractivity contribution in [1.29, 1.82) is 0 Å². The summed E-state index contributed by atoms with van der Waals surface area (Å²) in [5.74, 6) is 1.02. The van der Waals surface area contributed by atoms with Crippen LogP contribution in [0.25, 0.3) is 10.9 Å². The smallest absolute Gasteiger partial charge is 0.194 e. The molecule has 4 rings (SSSR count). The molecule has 2 aliphatic rings. The van der Waals surface area contributed by atoms with Gasteiger partial charge in [0.25, 0.3) is 0 Å². The van der Waals surface area contributed by atoms with Crippen LogP contribution in [0.1, 0.15) is 25.3 Å². The number of benzene rings is 1. The van der Waals surface area contributed by atoms with Gasteiger partial charge in [0, 0.05) is 43.2 Å². The monoisotopic (exact) mass is 338 g/mol. The minimum Gasteiger partial charge on any atom is -0.381 e. The zero-order valence-electron chi connectivity index (χ0n) is 14.9. The summed E-state index contributed by atoms with van der Waals surface area (Å²) in [6, 6.07) is 10.3. The number of para-hydroxylation sites is 1. The van der Waals surface area contributed by atoms with Gasteiger partial charge in [-0.2, -0.15) is 0 Å². The number of fused-ring (bicyclic) bond motifs is 1. The lowest BCUT2D eigenvalue weighted by Crippen LogP contribution is -2.41. The second-order valence-electron chi connectivity index (χ2n) is 7.13. The molecule has 1 spiro atoms. The molecule has 2 aromatic rings. The van der Waals surface area contributed by atoms with E-state index in [1.807, 2.05) is 12.3 Å². The summed E-state index contributed by atoms with van der Waals surface area (Å²) in [5.41, 5.74) is 2.60. The Labute approximate surface area is 149 Å². The summed E-state index contributed by atoms with van der Waals surface area (Å²) in [5, 5.41) is 4.66. The number of ether oxygens (including phenoxy) is 1. The van der Waals surface area contributed by atoms with E-state index >= 15 is 0 Å². The highest BCUT2D eigenvalue weighted by atomic mass is 16.5. The summed E-state index contributed by atoms with van der Waals surface area (Å²) in [6.07, 6.45) is 4.26. The summed E-state index contributed by atoms with van der Waals surface area (Å²) < 4.78 is 5.65. The molecule has 5 nitrogen and oxygen atoms in total. The van der Waals surface area contributed by atoms with Crippen LogP contribution < -0.4 is 5.32 Å². The number of nitrogens with zero attached hydrogens (tertiary/aromatic N) is 3. The molecule has 0 aliphatic carbocycles. The van der Waals surface area contributed by atoms with Crippen molar-refractivity contribution in [3.8, 4) is 0 Å². The average Bonchev–Trinajstić information content (AvgIpc) is 3.29. The van der Waals surface area contributed by atoms with Gasteiger partial charge in [0.15, 0.2) is 5.96 Å². The summed E-state index contributed by atoms with van der Waals surface area (Å²) >= 11 is 0. The normalized spacial score (nSPS) is 23.7. The number of hydrogen-bond acceptors (Lipinski definition) is 3. The molecular formula is C20H26N4O. The van der Waals surface area contributed by atoms with Gasteiger partial charge in [0.2, 0.25) is 0 Å². The number of aromatic nitrogens is 1. The number of rotatable bonds is 3. The predicted molar refractivity (Wildman–Crippen MR) is 101 cm³/mol. The van der Waals surface area contributed by atoms with Crippen LogP contribution in [0.2, 0.25) is 0 Å². The maximum atomic E-state index is 5.65. The molecule has 2 saturated heterocycles. The van der Waals surface area contributed by atoms with E-state index in [1.165, 1.54) is 23.8 Å². The fourth-order valence-corrected chi connectivity index (χ4v) is 3.97. The molecule has 0 bridgehead atoms. The van der Waals surface area contributed by atoms with E-state index < -0.39 is 0 Å². The van der Waals surface area contributed by atoms with Gasteiger partial charge in [-0.15, -0.1) is 0 Å². The van der Waals surface area contributed by atoms with E-state index in [9.17, 15) is 0 Å². The molecule has 2 aliphatic heterocycles. The number of aliphatic imine (C=N–C) groups is 1. The van der Waals surface area contributed by atoms with Crippen LogP contribution in [0.5, 0.6) is 0 Å². The second-order valence-corrected chi connectivity index (χ2v) is 7.13. The Morgan fingerprint density at radius 1 is 1.32 bits per heavy atom. The standard InChI is InChI=1S/C20H26N4O/c1-2-21-19(24-11-8-20(14-24)9-12-25-15-20)23-13-16-7-10-22-18-6-4-3-5-17(16)18/h3-7,10H,2,8-9,11-15H2,1H3,(H,21,23). The zero-order chi connectivity index (χ0) is 17.1. The lowest BCUT2D eigenvalue weighted by Gasteiger charge is -2.25. The predicted octanol–water partition coefficient (Wildman–Crippen LogP) is 2.81. The van der Waals surface area contributed by atoms with Crippen LogP contribution in [-0.4, -0.2) is 48.7 Å². The van der Waals surface area contributed by atoms with E-state index in [2.05, 4.69) is 46.4 Å². The maximum absolute atomic E-state index is 5.65. The fraction of sp³-hybridized carbons (Fsp3) is 0.500. The van der Waals surface area contributed by atoms with Crippen LogP contribution in [-0.2, 0) is 11.3 Å². The van der Waals surface area contributed by atoms with E-state index in [0.717, 1.165) is 44.3 Å². The van der Waals surface area contributed by atoms with Gasteiger partial charge >= 0.3 is 0 Å². The fourth-order valence-electron chi connectivity index (χ4n) is 3.97. The minimum atomic E-state index is 0.347. The molecule has 1 aromatic carbocycles. The van der Waals surface area contributed by atoms with Crippen LogP contribution in [0.15, 0.2) is 41.5 Å². The molecule has 2 fully saturated rings. The van der Waals surface area contributed by atoms with Crippen LogP contribution in [0.4, 0.5) is 0 Å². The number of hydrogen-bond donors (Lipinski definition) is 1. The number of pyridine rings is 1. The van der Waals surface area contributed by atoms with E-state index in [0.29, 0.717) is 12.0 Å². The van der Waals surface area contributed by atoms with Gasteiger partial charge < -0.3 is 15.0 Å². The number of guanidine groups is 1. The van der Waals surface area contributed by atoms with E-state index in [1.54, 1.807) is 0 Å². The Bertz CT molecular complexity index is 762. The molecule has 25 heavy (non-hydrogen) atoms. The molecular weight excluding hydrogens is 312 g/mol. The molecule has 1 aromatic heterocycles. The second kappa shape index (κ2) is 7.00. The summed E-state index contributed by atoms with van der Waals surface area (Å²) in [7, 11) is 0. The quantitative estimate of drug-likeness (QED) is 0.691. The third-order valence-electron chi connectivity index (χ3n) is 5.40. The first-order valence-corrected chi connectivity index (χ1v) is 9.23. The van der Waals surface area contributed by atoms with Gasteiger partial charge in [-0.1, -0.05) is 18.2 Å². The Morgan fingerprint density at radius 2 is 2.24 bits per heavy atom. The third-order valence-corrected chi connectivity index (χ3v) is 5.40. The van der Waals surface area contributed by atoms with Crippen LogP contribution in [0, 0.1) is 5.41 Å². The van der Waals surface area contributed by atoms with Crippen molar-refractivity contribution in [3.05, 3.63) is 42.1 Å². The largest absolute Gasteiger partial charge is 0.381 e. The Hall–Kier alpha value is -2.14. The molecule has 0 radical (unpaired) electrons. The Balaban J connectivity index is 1.54. The first kappa shape index (κ1) is 16.3. The molecule has 0 amide bonds. The van der Waals surface area contributed by atoms with Gasteiger partial charge in [-0.25, -0.2) is 4.99 Å². The van der Waals surface area contributed by atoms with Crippen molar-refractivity contribution in [3.63, 3.8) is 0 Å². The van der Waals surface area contributed by atoms with E-state index in [4.69, 9.17) is 9.73 Å². The van der Waals surface area contributed by atoms with Crippen molar-refractivity contribution in [2.75, 3.05) is 32.8 Å². The highest BCUT2D eigenvalue weighted by Gasteiger charge is 2.42. The molecule has 3 heterocycles. The van der Waals surface area contributed by atoms with Gasteiger partial charge in [-0.3, -0.25) is 4.98 Å². The lowest BCUT2D eigenvalue weighted by molar-refractivity contribution is 0.156. The van der Waals surface area contributed by atoms with Crippen molar-refractivity contribution in [2.24, 2.45) is 10.4 Å². The summed E-state index contributed by atoms with van der Waals surface area (Å²) in [6.45, 7) is 7.60. The number of likely N-dealkylation sites (tertiary alicyclic amines) is 1. The van der Waals surface area contributed by atoms with Gasteiger partial charge in [-0.05, 0) is 37.5 Å². The third kappa shape index (κ3) is 3.33. The molecule has 1 N–H and O–H groups in total. The molecule has 5 heteroatoms. The molecule has 1 atom stereocenters. The van der Waals surface area contributed by atoms with Gasteiger partial charge in [0.05, 0.1) is 18.7 Å². The topological polar surface area (TPSA) is 49.8 Å². The van der Waals surface area contributed by atoms with Gasteiger partial charge in [0.1, 0.15) is 0 Å². The van der Waals surface area contributed by atoms with Crippen LogP contribution in [0.3, 0.4) is 0 Å². The SMILES string of the molecule is CCNC(=NCc1ccnc2ccccc12)N1CCC2(CCOC2)C1. The van der Waals surface area contributed by atoms with E-state index in [-0.39, 0.29) is 0 Å². The van der Waals surface area contributed by atoms with Crippen molar-refractivity contribution < 1.29 is 4.74 Å².